The normalized spacial score (nSPS) is 28.9. The average Bonchev–Trinajstić information content (AvgIpc) is 2.73. The summed E-state index contributed by atoms with van der Waals surface area (Å²) in [6.07, 6.45) is 2.69. The van der Waals surface area contributed by atoms with Gasteiger partial charge < -0.3 is 10.8 Å². The van der Waals surface area contributed by atoms with Gasteiger partial charge in [-0.3, -0.25) is 0 Å². The topological polar surface area (TPSA) is 46.2 Å². The number of rotatable bonds is 3. The quantitative estimate of drug-likeness (QED) is 0.843. The smallest absolute Gasteiger partial charge is 0.0775 e. The Kier molecular flexibility index (Phi) is 3.55. The van der Waals surface area contributed by atoms with Crippen molar-refractivity contribution in [2.45, 2.75) is 50.5 Å². The molecule has 1 aromatic rings. The maximum Gasteiger partial charge on any atom is 0.0775 e. The van der Waals surface area contributed by atoms with Crippen molar-refractivity contribution < 1.29 is 5.11 Å². The largest absolute Gasteiger partial charge is 0.389 e. The van der Waals surface area contributed by atoms with Crippen LogP contribution in [-0.4, -0.2) is 17.3 Å². The van der Waals surface area contributed by atoms with Gasteiger partial charge in [0.15, 0.2) is 0 Å². The Bertz CT molecular complexity index is 371. The summed E-state index contributed by atoms with van der Waals surface area (Å²) in [6.45, 7) is 4.79. The fourth-order valence-electron chi connectivity index (χ4n) is 2.73. The minimum absolute atomic E-state index is 0.383. The Morgan fingerprint density at radius 1 is 1.35 bits per heavy atom. The Morgan fingerprint density at radius 2 is 2.00 bits per heavy atom. The van der Waals surface area contributed by atoms with Crippen molar-refractivity contribution in [3.05, 3.63) is 35.4 Å². The maximum absolute atomic E-state index is 10.1. The lowest BCUT2D eigenvalue weighted by Crippen LogP contribution is -2.34. The van der Waals surface area contributed by atoms with E-state index in [1.54, 1.807) is 0 Å². The van der Waals surface area contributed by atoms with Gasteiger partial charge in [-0.15, -0.1) is 0 Å². The third-order valence-electron chi connectivity index (χ3n) is 4.04. The highest BCUT2D eigenvalue weighted by molar-refractivity contribution is 5.28. The van der Waals surface area contributed by atoms with E-state index in [9.17, 15) is 5.11 Å². The van der Waals surface area contributed by atoms with E-state index in [0.29, 0.717) is 18.4 Å². The molecule has 0 amide bonds. The highest BCUT2D eigenvalue weighted by Gasteiger charge is 2.36. The lowest BCUT2D eigenvalue weighted by atomic mass is 9.92. The first-order valence-electron chi connectivity index (χ1n) is 6.56. The van der Waals surface area contributed by atoms with Gasteiger partial charge in [-0.05, 0) is 42.2 Å². The second-order valence-corrected chi connectivity index (χ2v) is 5.69. The molecule has 2 heteroatoms. The van der Waals surface area contributed by atoms with Crippen LogP contribution in [0.4, 0.5) is 0 Å². The van der Waals surface area contributed by atoms with Crippen LogP contribution in [0.15, 0.2) is 24.3 Å². The molecule has 1 aliphatic rings. The predicted molar refractivity (Wildman–Crippen MR) is 71.1 cm³/mol. The molecule has 0 aliphatic heterocycles. The van der Waals surface area contributed by atoms with Gasteiger partial charge >= 0.3 is 0 Å². The minimum Gasteiger partial charge on any atom is -0.389 e. The highest BCUT2D eigenvalue weighted by Crippen LogP contribution is 2.40. The van der Waals surface area contributed by atoms with Crippen molar-refractivity contribution in [3.8, 4) is 0 Å². The van der Waals surface area contributed by atoms with Crippen LogP contribution in [0.25, 0.3) is 0 Å². The highest BCUT2D eigenvalue weighted by atomic mass is 16.3. The van der Waals surface area contributed by atoms with E-state index in [0.717, 1.165) is 19.3 Å². The van der Waals surface area contributed by atoms with Crippen molar-refractivity contribution in [1.82, 2.24) is 0 Å². The number of hydrogen-bond acceptors (Lipinski definition) is 2. The molecule has 0 spiro atoms. The first-order valence-corrected chi connectivity index (χ1v) is 6.56. The van der Waals surface area contributed by atoms with Crippen LogP contribution in [0.3, 0.4) is 0 Å². The van der Waals surface area contributed by atoms with E-state index >= 15 is 0 Å². The Balaban J connectivity index is 2.09. The van der Waals surface area contributed by atoms with Crippen LogP contribution >= 0.6 is 0 Å². The van der Waals surface area contributed by atoms with Crippen LogP contribution in [-0.2, 0) is 0 Å². The number of nitrogens with two attached hydrogens (primary N) is 1. The van der Waals surface area contributed by atoms with Gasteiger partial charge in [-0.25, -0.2) is 0 Å². The summed E-state index contributed by atoms with van der Waals surface area (Å²) in [5.74, 6) is 1.05. The zero-order chi connectivity index (χ0) is 12.5. The van der Waals surface area contributed by atoms with Crippen LogP contribution in [0.5, 0.6) is 0 Å². The molecule has 94 valence electrons. The van der Waals surface area contributed by atoms with E-state index < -0.39 is 5.60 Å². The molecule has 2 unspecified atom stereocenters. The van der Waals surface area contributed by atoms with Crippen molar-refractivity contribution in [2.24, 2.45) is 5.73 Å². The van der Waals surface area contributed by atoms with E-state index in [1.165, 1.54) is 11.1 Å². The molecule has 0 heterocycles. The fourth-order valence-corrected chi connectivity index (χ4v) is 2.73. The number of aliphatic hydroxyl groups is 1. The van der Waals surface area contributed by atoms with Crippen molar-refractivity contribution in [1.29, 1.82) is 0 Å². The molecule has 17 heavy (non-hydrogen) atoms. The van der Waals surface area contributed by atoms with E-state index in [-0.39, 0.29) is 0 Å². The third kappa shape index (κ3) is 2.70. The minimum atomic E-state index is -0.624. The van der Waals surface area contributed by atoms with Crippen LogP contribution in [0, 0.1) is 0 Å². The van der Waals surface area contributed by atoms with Crippen molar-refractivity contribution >= 4 is 0 Å². The molecule has 1 fully saturated rings. The first-order chi connectivity index (χ1) is 8.04. The first kappa shape index (κ1) is 12.6. The molecule has 2 atom stereocenters. The summed E-state index contributed by atoms with van der Waals surface area (Å²) in [7, 11) is 0. The molecule has 1 aromatic carbocycles. The predicted octanol–water partition coefficient (Wildman–Crippen LogP) is 2.77. The van der Waals surface area contributed by atoms with E-state index in [1.807, 2.05) is 0 Å². The van der Waals surface area contributed by atoms with Crippen molar-refractivity contribution in [2.75, 3.05) is 6.54 Å². The van der Waals surface area contributed by atoms with Gasteiger partial charge in [-0.2, -0.15) is 0 Å². The second-order valence-electron chi connectivity index (χ2n) is 5.69. The monoisotopic (exact) mass is 233 g/mol. The van der Waals surface area contributed by atoms with E-state index in [4.69, 9.17) is 5.73 Å². The summed E-state index contributed by atoms with van der Waals surface area (Å²) >= 11 is 0. The van der Waals surface area contributed by atoms with E-state index in [2.05, 4.69) is 38.1 Å². The molecule has 0 radical (unpaired) electrons. The molecule has 0 saturated heterocycles. The lowest BCUT2D eigenvalue weighted by Gasteiger charge is -2.20. The van der Waals surface area contributed by atoms with Gasteiger partial charge in [0.2, 0.25) is 0 Å². The van der Waals surface area contributed by atoms with Crippen LogP contribution in [0.1, 0.15) is 56.1 Å². The fraction of sp³-hybridized carbons (Fsp3) is 0.600. The summed E-state index contributed by atoms with van der Waals surface area (Å²) < 4.78 is 0. The summed E-state index contributed by atoms with van der Waals surface area (Å²) in [5, 5.41) is 10.1. The van der Waals surface area contributed by atoms with Crippen molar-refractivity contribution in [3.63, 3.8) is 0 Å². The van der Waals surface area contributed by atoms with Gasteiger partial charge in [0.25, 0.3) is 0 Å². The van der Waals surface area contributed by atoms with Crippen LogP contribution < -0.4 is 5.73 Å². The number of benzene rings is 1. The zero-order valence-electron chi connectivity index (χ0n) is 10.8. The zero-order valence-corrected chi connectivity index (χ0v) is 10.8. The molecule has 3 N–H and O–H groups in total. The molecule has 0 aromatic heterocycles. The Labute approximate surface area is 104 Å². The maximum atomic E-state index is 10.1. The molecule has 1 aliphatic carbocycles. The molecular weight excluding hydrogens is 210 g/mol. The molecule has 2 rings (SSSR count). The molecule has 0 bridgehead atoms. The Morgan fingerprint density at radius 3 is 2.47 bits per heavy atom. The van der Waals surface area contributed by atoms with Gasteiger partial charge in [0.05, 0.1) is 5.60 Å². The average molecular weight is 233 g/mol. The summed E-state index contributed by atoms with van der Waals surface area (Å²) in [6, 6.07) is 8.84. The SMILES string of the molecule is CC(C)c1ccc(C2CCC(O)(CN)C2)cc1. The van der Waals surface area contributed by atoms with Gasteiger partial charge in [-0.1, -0.05) is 38.1 Å². The van der Waals surface area contributed by atoms with Gasteiger partial charge in [0.1, 0.15) is 0 Å². The molecule has 2 nitrogen and oxygen atoms in total. The Hall–Kier alpha value is -0.860. The lowest BCUT2D eigenvalue weighted by molar-refractivity contribution is 0.0554. The summed E-state index contributed by atoms with van der Waals surface area (Å²) in [4.78, 5) is 0. The van der Waals surface area contributed by atoms with Crippen LogP contribution in [0.2, 0.25) is 0 Å². The number of hydrogen-bond donors (Lipinski definition) is 2. The van der Waals surface area contributed by atoms with Gasteiger partial charge in [0, 0.05) is 6.54 Å². The molecule has 1 saturated carbocycles. The standard InChI is InChI=1S/C15H23NO/c1-11(2)12-3-5-13(6-4-12)14-7-8-15(17,9-14)10-16/h3-6,11,14,17H,7-10,16H2,1-2H3. The molecular formula is C15H23NO. The second kappa shape index (κ2) is 4.79. The third-order valence-corrected chi connectivity index (χ3v) is 4.04. The summed E-state index contributed by atoms with van der Waals surface area (Å²) in [5.41, 5.74) is 7.72.